The molecule has 0 fully saturated rings. The molecule has 0 saturated carbocycles. The quantitative estimate of drug-likeness (QED) is 0.708. The van der Waals surface area contributed by atoms with Gasteiger partial charge in [0, 0.05) is 18.3 Å². The molecule has 0 aliphatic heterocycles. The largest absolute Gasteiger partial charge is 0.423 e. The van der Waals surface area contributed by atoms with Gasteiger partial charge in [0.25, 0.3) is 6.01 Å². The van der Waals surface area contributed by atoms with Crippen LogP contribution in [0.1, 0.15) is 20.3 Å². The van der Waals surface area contributed by atoms with Crippen LogP contribution < -0.4 is 11.1 Å². The van der Waals surface area contributed by atoms with E-state index in [1.807, 2.05) is 6.07 Å². The molecule has 1 aromatic carbocycles. The Bertz CT molecular complexity index is 522. The maximum atomic E-state index is 9.75. The molecule has 18 heavy (non-hydrogen) atoms. The third kappa shape index (κ3) is 3.13. The van der Waals surface area contributed by atoms with Crippen molar-refractivity contribution in [1.82, 2.24) is 4.98 Å². The summed E-state index contributed by atoms with van der Waals surface area (Å²) in [5.74, 6) is 0.463. The third-order valence-electron chi connectivity index (χ3n) is 2.64. The van der Waals surface area contributed by atoms with E-state index in [4.69, 9.17) is 10.2 Å². The van der Waals surface area contributed by atoms with Crippen LogP contribution in [0.4, 0.5) is 11.7 Å². The van der Waals surface area contributed by atoms with Gasteiger partial charge in [0.1, 0.15) is 5.52 Å². The van der Waals surface area contributed by atoms with E-state index >= 15 is 0 Å². The van der Waals surface area contributed by atoms with Gasteiger partial charge in [0.15, 0.2) is 5.58 Å². The van der Waals surface area contributed by atoms with E-state index in [0.717, 1.165) is 11.9 Å². The monoisotopic (exact) mass is 249 g/mol. The number of anilines is 2. The number of hydrogen-bond acceptors (Lipinski definition) is 5. The van der Waals surface area contributed by atoms with Crippen molar-refractivity contribution in [1.29, 1.82) is 0 Å². The molecule has 2 aromatic rings. The summed E-state index contributed by atoms with van der Waals surface area (Å²) in [5, 5.41) is 12.7. The van der Waals surface area contributed by atoms with Gasteiger partial charge in [0.2, 0.25) is 0 Å². The normalized spacial score (nSPS) is 13.1. The molecule has 1 unspecified atom stereocenters. The Balaban J connectivity index is 1.99. The van der Waals surface area contributed by atoms with Crippen molar-refractivity contribution in [2.75, 3.05) is 17.6 Å². The van der Waals surface area contributed by atoms with Crippen LogP contribution in [0.5, 0.6) is 0 Å². The van der Waals surface area contributed by atoms with Crippen LogP contribution in [-0.4, -0.2) is 22.7 Å². The second-order valence-electron chi connectivity index (χ2n) is 4.91. The average Bonchev–Trinajstić information content (AvgIpc) is 2.67. The lowest BCUT2D eigenvalue weighted by Crippen LogP contribution is -2.21. The smallest absolute Gasteiger partial charge is 0.295 e. The van der Waals surface area contributed by atoms with E-state index in [2.05, 4.69) is 24.1 Å². The van der Waals surface area contributed by atoms with E-state index in [0.29, 0.717) is 29.7 Å². The highest BCUT2D eigenvalue weighted by atomic mass is 16.4. The van der Waals surface area contributed by atoms with E-state index in [-0.39, 0.29) is 0 Å². The first-order chi connectivity index (χ1) is 8.54. The minimum Gasteiger partial charge on any atom is -0.423 e. The highest BCUT2D eigenvalue weighted by Crippen LogP contribution is 2.21. The zero-order chi connectivity index (χ0) is 13.1. The van der Waals surface area contributed by atoms with Gasteiger partial charge in [-0.3, -0.25) is 0 Å². The molecular weight excluding hydrogens is 230 g/mol. The number of rotatable bonds is 5. The number of benzene rings is 1. The standard InChI is InChI=1S/C13H19N3O2/c1-8(2)5-10(17)7-15-13-16-11-4-3-9(14)6-12(11)18-13/h3-4,6,8,10,17H,5,7,14H2,1-2H3,(H,15,16). The number of nitrogens with zero attached hydrogens (tertiary/aromatic N) is 1. The van der Waals surface area contributed by atoms with Crippen molar-refractivity contribution < 1.29 is 9.52 Å². The van der Waals surface area contributed by atoms with Crippen molar-refractivity contribution >= 4 is 22.8 Å². The fourth-order valence-corrected chi connectivity index (χ4v) is 1.85. The molecule has 0 saturated heterocycles. The third-order valence-corrected chi connectivity index (χ3v) is 2.64. The minimum absolute atomic E-state index is 0.398. The first kappa shape index (κ1) is 12.7. The van der Waals surface area contributed by atoms with Gasteiger partial charge in [-0.1, -0.05) is 13.8 Å². The number of aromatic nitrogens is 1. The molecule has 0 spiro atoms. The highest BCUT2D eigenvalue weighted by Gasteiger charge is 2.10. The summed E-state index contributed by atoms with van der Waals surface area (Å²) >= 11 is 0. The number of aliphatic hydroxyl groups excluding tert-OH is 1. The summed E-state index contributed by atoms with van der Waals surface area (Å²) in [4.78, 5) is 4.26. The molecule has 0 amide bonds. The van der Waals surface area contributed by atoms with Gasteiger partial charge < -0.3 is 20.6 Å². The molecule has 98 valence electrons. The van der Waals surface area contributed by atoms with Crippen molar-refractivity contribution in [2.24, 2.45) is 5.92 Å². The molecule has 0 radical (unpaired) electrons. The van der Waals surface area contributed by atoms with E-state index < -0.39 is 6.10 Å². The fraction of sp³-hybridized carbons (Fsp3) is 0.462. The second kappa shape index (κ2) is 5.27. The molecule has 5 heteroatoms. The van der Waals surface area contributed by atoms with E-state index in [9.17, 15) is 5.11 Å². The molecule has 5 nitrogen and oxygen atoms in total. The minimum atomic E-state index is -0.398. The molecule has 1 aromatic heterocycles. The first-order valence-corrected chi connectivity index (χ1v) is 6.12. The summed E-state index contributed by atoms with van der Waals surface area (Å²) in [5.41, 5.74) is 7.71. The van der Waals surface area contributed by atoms with E-state index in [1.54, 1.807) is 12.1 Å². The number of nitrogen functional groups attached to an aromatic ring is 1. The zero-order valence-electron chi connectivity index (χ0n) is 10.7. The number of fused-ring (bicyclic) bond motifs is 1. The van der Waals surface area contributed by atoms with Crippen LogP contribution in [0.25, 0.3) is 11.1 Å². The van der Waals surface area contributed by atoms with Crippen LogP contribution in [0, 0.1) is 5.92 Å². The Hall–Kier alpha value is -1.75. The second-order valence-corrected chi connectivity index (χ2v) is 4.91. The first-order valence-electron chi connectivity index (χ1n) is 6.12. The maximum absolute atomic E-state index is 9.75. The van der Waals surface area contributed by atoms with Crippen molar-refractivity contribution in [3.63, 3.8) is 0 Å². The average molecular weight is 249 g/mol. The van der Waals surface area contributed by atoms with Gasteiger partial charge in [-0.25, -0.2) is 0 Å². The van der Waals surface area contributed by atoms with Crippen molar-refractivity contribution in [2.45, 2.75) is 26.4 Å². The maximum Gasteiger partial charge on any atom is 0.295 e. The van der Waals surface area contributed by atoms with Crippen LogP contribution in [0.15, 0.2) is 22.6 Å². The number of hydrogen-bond donors (Lipinski definition) is 3. The Morgan fingerprint density at radius 3 is 2.94 bits per heavy atom. The van der Waals surface area contributed by atoms with Gasteiger partial charge in [-0.2, -0.15) is 4.98 Å². The topological polar surface area (TPSA) is 84.3 Å². The highest BCUT2D eigenvalue weighted by molar-refractivity contribution is 5.78. The van der Waals surface area contributed by atoms with Gasteiger partial charge in [-0.05, 0) is 24.5 Å². The summed E-state index contributed by atoms with van der Waals surface area (Å²) in [6.07, 6.45) is 0.352. The Morgan fingerprint density at radius 1 is 1.44 bits per heavy atom. The molecular formula is C13H19N3O2. The summed E-state index contributed by atoms with van der Waals surface area (Å²) in [6, 6.07) is 5.74. The van der Waals surface area contributed by atoms with Crippen molar-refractivity contribution in [3.8, 4) is 0 Å². The summed E-state index contributed by atoms with van der Waals surface area (Å²) in [7, 11) is 0. The lowest BCUT2D eigenvalue weighted by Gasteiger charge is -2.12. The summed E-state index contributed by atoms with van der Waals surface area (Å²) in [6.45, 7) is 4.58. The van der Waals surface area contributed by atoms with Crippen LogP contribution in [0.3, 0.4) is 0 Å². The van der Waals surface area contributed by atoms with Gasteiger partial charge in [-0.15, -0.1) is 0 Å². The van der Waals surface area contributed by atoms with Gasteiger partial charge in [0.05, 0.1) is 6.10 Å². The number of nitrogens with one attached hydrogen (secondary N) is 1. The van der Waals surface area contributed by atoms with Crippen LogP contribution >= 0.6 is 0 Å². The van der Waals surface area contributed by atoms with E-state index in [1.165, 1.54) is 0 Å². The predicted molar refractivity (Wildman–Crippen MR) is 72.4 cm³/mol. The Morgan fingerprint density at radius 2 is 2.22 bits per heavy atom. The lowest BCUT2D eigenvalue weighted by atomic mass is 10.1. The van der Waals surface area contributed by atoms with Crippen LogP contribution in [-0.2, 0) is 0 Å². The molecule has 2 rings (SSSR count). The number of nitrogens with two attached hydrogens (primary N) is 1. The van der Waals surface area contributed by atoms with Crippen LogP contribution in [0.2, 0.25) is 0 Å². The predicted octanol–water partition coefficient (Wildman–Crippen LogP) is 2.23. The Kier molecular flexibility index (Phi) is 3.72. The lowest BCUT2D eigenvalue weighted by molar-refractivity contribution is 0.160. The summed E-state index contributed by atoms with van der Waals surface area (Å²) < 4.78 is 5.49. The SMILES string of the molecule is CC(C)CC(O)CNc1nc2ccc(N)cc2o1. The molecule has 0 aliphatic rings. The molecule has 4 N–H and O–H groups in total. The zero-order valence-corrected chi connectivity index (χ0v) is 10.7. The Labute approximate surface area is 106 Å². The molecule has 0 aliphatic carbocycles. The molecule has 1 heterocycles. The number of oxazole rings is 1. The fourth-order valence-electron chi connectivity index (χ4n) is 1.85. The molecule has 0 bridgehead atoms. The number of aliphatic hydroxyl groups is 1. The van der Waals surface area contributed by atoms with Gasteiger partial charge >= 0.3 is 0 Å². The van der Waals surface area contributed by atoms with Crippen molar-refractivity contribution in [3.05, 3.63) is 18.2 Å². The molecule has 1 atom stereocenters.